The first-order valence-electron chi connectivity index (χ1n) is 6.22. The van der Waals surface area contributed by atoms with Crippen LogP contribution in [0.25, 0.3) is 0 Å². The molecule has 0 saturated carbocycles. The molecule has 0 fully saturated rings. The van der Waals surface area contributed by atoms with Gasteiger partial charge in [-0.1, -0.05) is 25.5 Å². The maximum Gasteiger partial charge on any atom is 0.221 e. The van der Waals surface area contributed by atoms with Gasteiger partial charge in [-0.2, -0.15) is 4.98 Å². The predicted octanol–water partition coefficient (Wildman–Crippen LogP) is 3.15. The van der Waals surface area contributed by atoms with Crippen molar-refractivity contribution in [2.45, 2.75) is 26.2 Å². The van der Waals surface area contributed by atoms with E-state index in [1.54, 1.807) is 12.3 Å². The van der Waals surface area contributed by atoms with Gasteiger partial charge in [-0.3, -0.25) is 0 Å². The van der Waals surface area contributed by atoms with Crippen LogP contribution in [0, 0.1) is 0 Å². The molecule has 3 N–H and O–H groups in total. The molecule has 1 aromatic carbocycles. The molecular weight excluding hydrogens is 224 g/mol. The van der Waals surface area contributed by atoms with Crippen molar-refractivity contribution < 1.29 is 0 Å². The first kappa shape index (κ1) is 12.4. The van der Waals surface area contributed by atoms with E-state index >= 15 is 0 Å². The van der Waals surface area contributed by atoms with Gasteiger partial charge in [0.2, 0.25) is 5.95 Å². The molecule has 0 bridgehead atoms. The first-order chi connectivity index (χ1) is 8.78. The molecule has 0 spiro atoms. The maximum absolute atomic E-state index is 5.53. The van der Waals surface area contributed by atoms with Crippen molar-refractivity contribution in [3.05, 3.63) is 42.1 Å². The SMILES string of the molecule is CCCCc1ccc(Nc2ccnc(N)n2)cc1. The van der Waals surface area contributed by atoms with Crippen molar-refractivity contribution in [1.82, 2.24) is 9.97 Å². The fourth-order valence-corrected chi connectivity index (χ4v) is 1.73. The Morgan fingerprint density at radius 3 is 2.61 bits per heavy atom. The summed E-state index contributed by atoms with van der Waals surface area (Å²) >= 11 is 0. The number of nitrogens with one attached hydrogen (secondary N) is 1. The summed E-state index contributed by atoms with van der Waals surface area (Å²) in [6, 6.07) is 10.2. The third-order valence-corrected chi connectivity index (χ3v) is 2.72. The van der Waals surface area contributed by atoms with E-state index in [0.29, 0.717) is 5.82 Å². The van der Waals surface area contributed by atoms with E-state index in [0.717, 1.165) is 12.1 Å². The van der Waals surface area contributed by atoms with Gasteiger partial charge in [-0.25, -0.2) is 4.98 Å². The molecule has 0 aliphatic carbocycles. The molecule has 4 nitrogen and oxygen atoms in total. The molecule has 0 amide bonds. The number of benzene rings is 1. The van der Waals surface area contributed by atoms with Crippen LogP contribution in [0.4, 0.5) is 17.5 Å². The Hall–Kier alpha value is -2.10. The monoisotopic (exact) mass is 242 g/mol. The van der Waals surface area contributed by atoms with E-state index in [1.807, 2.05) is 0 Å². The lowest BCUT2D eigenvalue weighted by molar-refractivity contribution is 0.795. The van der Waals surface area contributed by atoms with Crippen molar-refractivity contribution in [1.29, 1.82) is 0 Å². The highest BCUT2D eigenvalue weighted by Gasteiger charge is 1.98. The largest absolute Gasteiger partial charge is 0.368 e. The molecule has 1 heterocycles. The zero-order valence-electron chi connectivity index (χ0n) is 10.6. The number of rotatable bonds is 5. The molecule has 2 aromatic rings. The molecule has 0 aliphatic heterocycles. The molecular formula is C14H18N4. The van der Waals surface area contributed by atoms with E-state index in [4.69, 9.17) is 5.73 Å². The fourth-order valence-electron chi connectivity index (χ4n) is 1.73. The Balaban J connectivity index is 2.02. The Kier molecular flexibility index (Phi) is 4.12. The van der Waals surface area contributed by atoms with Gasteiger partial charge in [0.05, 0.1) is 0 Å². The van der Waals surface area contributed by atoms with Gasteiger partial charge in [-0.05, 0) is 36.6 Å². The van der Waals surface area contributed by atoms with Crippen molar-refractivity contribution >= 4 is 17.5 Å². The number of unbranched alkanes of at least 4 members (excludes halogenated alkanes) is 1. The van der Waals surface area contributed by atoms with Gasteiger partial charge in [-0.15, -0.1) is 0 Å². The van der Waals surface area contributed by atoms with Crippen LogP contribution in [0.15, 0.2) is 36.5 Å². The minimum Gasteiger partial charge on any atom is -0.368 e. The summed E-state index contributed by atoms with van der Waals surface area (Å²) in [5.74, 6) is 0.989. The average Bonchev–Trinajstić information content (AvgIpc) is 2.38. The fraction of sp³-hybridized carbons (Fsp3) is 0.286. The van der Waals surface area contributed by atoms with E-state index in [-0.39, 0.29) is 5.95 Å². The number of aromatic nitrogens is 2. The number of nitrogens with two attached hydrogens (primary N) is 1. The lowest BCUT2D eigenvalue weighted by atomic mass is 10.1. The number of anilines is 3. The van der Waals surface area contributed by atoms with Crippen LogP contribution < -0.4 is 11.1 Å². The average molecular weight is 242 g/mol. The van der Waals surface area contributed by atoms with Crippen LogP contribution in [0.5, 0.6) is 0 Å². The molecule has 0 aliphatic rings. The Morgan fingerprint density at radius 1 is 1.17 bits per heavy atom. The molecule has 0 unspecified atom stereocenters. The van der Waals surface area contributed by atoms with Gasteiger partial charge in [0.15, 0.2) is 0 Å². The Bertz CT molecular complexity index is 493. The zero-order valence-corrected chi connectivity index (χ0v) is 10.6. The highest BCUT2D eigenvalue weighted by Crippen LogP contribution is 2.16. The number of nitrogen functional groups attached to an aromatic ring is 1. The normalized spacial score (nSPS) is 10.3. The zero-order chi connectivity index (χ0) is 12.8. The van der Waals surface area contributed by atoms with Gasteiger partial charge in [0.1, 0.15) is 5.82 Å². The molecule has 18 heavy (non-hydrogen) atoms. The van der Waals surface area contributed by atoms with E-state index in [1.165, 1.54) is 18.4 Å². The quantitative estimate of drug-likeness (QED) is 0.845. The van der Waals surface area contributed by atoms with E-state index in [2.05, 4.69) is 46.5 Å². The van der Waals surface area contributed by atoms with Crippen LogP contribution in [0.2, 0.25) is 0 Å². The van der Waals surface area contributed by atoms with Crippen LogP contribution in [-0.2, 0) is 6.42 Å². The summed E-state index contributed by atoms with van der Waals surface area (Å²) in [4.78, 5) is 7.95. The summed E-state index contributed by atoms with van der Waals surface area (Å²) in [5, 5.41) is 3.20. The second-order valence-corrected chi connectivity index (χ2v) is 4.23. The molecule has 94 valence electrons. The van der Waals surface area contributed by atoms with Gasteiger partial charge < -0.3 is 11.1 Å². The highest BCUT2D eigenvalue weighted by atomic mass is 15.1. The number of hydrogen-bond donors (Lipinski definition) is 2. The van der Waals surface area contributed by atoms with E-state index in [9.17, 15) is 0 Å². The molecule has 0 atom stereocenters. The van der Waals surface area contributed by atoms with Crippen LogP contribution >= 0.6 is 0 Å². The minimum absolute atomic E-state index is 0.277. The lowest BCUT2D eigenvalue weighted by Crippen LogP contribution is -1.99. The third-order valence-electron chi connectivity index (χ3n) is 2.72. The van der Waals surface area contributed by atoms with Crippen molar-refractivity contribution in [3.8, 4) is 0 Å². The third kappa shape index (κ3) is 3.45. The highest BCUT2D eigenvalue weighted by molar-refractivity contribution is 5.56. The maximum atomic E-state index is 5.53. The summed E-state index contributed by atoms with van der Waals surface area (Å²) in [6.07, 6.45) is 5.23. The van der Waals surface area contributed by atoms with E-state index < -0.39 is 0 Å². The minimum atomic E-state index is 0.277. The molecule has 1 aromatic heterocycles. The van der Waals surface area contributed by atoms with Crippen LogP contribution in [0.1, 0.15) is 25.3 Å². The van der Waals surface area contributed by atoms with Crippen LogP contribution in [0.3, 0.4) is 0 Å². The van der Waals surface area contributed by atoms with Crippen molar-refractivity contribution in [2.24, 2.45) is 0 Å². The van der Waals surface area contributed by atoms with Gasteiger partial charge >= 0.3 is 0 Å². The summed E-state index contributed by atoms with van der Waals surface area (Å²) in [6.45, 7) is 2.20. The molecule has 4 heteroatoms. The summed E-state index contributed by atoms with van der Waals surface area (Å²) in [7, 11) is 0. The Labute approximate surface area is 107 Å². The second kappa shape index (κ2) is 6.00. The number of hydrogen-bond acceptors (Lipinski definition) is 4. The summed E-state index contributed by atoms with van der Waals surface area (Å²) in [5.41, 5.74) is 7.90. The number of nitrogens with zero attached hydrogens (tertiary/aromatic N) is 2. The second-order valence-electron chi connectivity index (χ2n) is 4.23. The Morgan fingerprint density at radius 2 is 1.94 bits per heavy atom. The molecule has 0 saturated heterocycles. The first-order valence-corrected chi connectivity index (χ1v) is 6.22. The molecule has 2 rings (SSSR count). The number of aryl methyl sites for hydroxylation is 1. The molecule has 0 radical (unpaired) electrons. The van der Waals surface area contributed by atoms with Gasteiger partial charge in [0.25, 0.3) is 0 Å². The van der Waals surface area contributed by atoms with Gasteiger partial charge in [0, 0.05) is 11.9 Å². The lowest BCUT2D eigenvalue weighted by Gasteiger charge is -2.06. The topological polar surface area (TPSA) is 63.8 Å². The van der Waals surface area contributed by atoms with Crippen molar-refractivity contribution in [3.63, 3.8) is 0 Å². The smallest absolute Gasteiger partial charge is 0.221 e. The standard InChI is InChI=1S/C14H18N4/c1-2-3-4-11-5-7-12(8-6-11)17-13-9-10-16-14(15)18-13/h5-10H,2-4H2,1H3,(H3,15,16,17,18). The van der Waals surface area contributed by atoms with Crippen LogP contribution in [-0.4, -0.2) is 9.97 Å². The van der Waals surface area contributed by atoms with Crippen molar-refractivity contribution in [2.75, 3.05) is 11.1 Å². The predicted molar refractivity (Wildman–Crippen MR) is 74.8 cm³/mol. The summed E-state index contributed by atoms with van der Waals surface area (Å²) < 4.78 is 0.